The molecule has 104 valence electrons. The van der Waals surface area contributed by atoms with Gasteiger partial charge in [0.15, 0.2) is 5.84 Å². The lowest BCUT2D eigenvalue weighted by Crippen LogP contribution is -2.31. The summed E-state index contributed by atoms with van der Waals surface area (Å²) in [6, 6.07) is 11.3. The van der Waals surface area contributed by atoms with E-state index >= 15 is 0 Å². The van der Waals surface area contributed by atoms with Crippen molar-refractivity contribution >= 4 is 5.84 Å². The Hall–Kier alpha value is -2.56. The molecule has 0 saturated heterocycles. The molecule has 0 atom stereocenters. The van der Waals surface area contributed by atoms with Crippen LogP contribution in [0, 0.1) is 13.8 Å². The third-order valence-electron chi connectivity index (χ3n) is 3.20. The molecule has 0 bridgehead atoms. The van der Waals surface area contributed by atoms with Crippen LogP contribution in [0.15, 0.2) is 46.3 Å². The molecular weight excluding hydrogens is 254 g/mol. The molecule has 20 heavy (non-hydrogen) atoms. The summed E-state index contributed by atoms with van der Waals surface area (Å²) in [6.45, 7) is 4.32. The van der Waals surface area contributed by atoms with E-state index in [0.717, 1.165) is 16.8 Å². The highest BCUT2D eigenvalue weighted by atomic mass is 16.4. The van der Waals surface area contributed by atoms with Gasteiger partial charge in [0.2, 0.25) is 0 Å². The Kier molecular flexibility index (Phi) is 3.89. The van der Waals surface area contributed by atoms with Crippen LogP contribution >= 0.6 is 0 Å². The summed E-state index contributed by atoms with van der Waals surface area (Å²) in [5.41, 5.74) is 8.45. The molecule has 3 N–H and O–H groups in total. The first-order valence-electron chi connectivity index (χ1n) is 6.27. The maximum absolute atomic E-state index is 12.4. The van der Waals surface area contributed by atoms with Crippen molar-refractivity contribution in [2.45, 2.75) is 20.4 Å². The van der Waals surface area contributed by atoms with E-state index in [1.54, 1.807) is 16.7 Å². The van der Waals surface area contributed by atoms with Crippen molar-refractivity contribution in [2.75, 3.05) is 0 Å². The quantitative estimate of drug-likeness (QED) is 0.385. The summed E-state index contributed by atoms with van der Waals surface area (Å²) in [7, 11) is 0. The number of benzene rings is 1. The number of nitrogens with zero attached hydrogens (tertiary/aromatic N) is 2. The number of rotatable bonds is 3. The second-order valence-electron chi connectivity index (χ2n) is 4.75. The first kappa shape index (κ1) is 13.9. The fraction of sp³-hybridized carbons (Fsp3) is 0.200. The maximum atomic E-state index is 12.4. The van der Waals surface area contributed by atoms with Gasteiger partial charge in [-0.25, -0.2) is 0 Å². The van der Waals surface area contributed by atoms with E-state index in [-0.39, 0.29) is 17.0 Å². The number of aryl methyl sites for hydroxylation is 2. The zero-order valence-electron chi connectivity index (χ0n) is 11.5. The highest BCUT2D eigenvalue weighted by molar-refractivity contribution is 5.96. The summed E-state index contributed by atoms with van der Waals surface area (Å²) in [5.74, 6) is -0.173. The Bertz CT molecular complexity index is 717. The van der Waals surface area contributed by atoms with Gasteiger partial charge < -0.3 is 15.5 Å². The molecule has 2 aromatic rings. The summed E-state index contributed by atoms with van der Waals surface area (Å²) < 4.78 is 1.61. The number of amidine groups is 1. The zero-order chi connectivity index (χ0) is 14.7. The van der Waals surface area contributed by atoms with Crippen LogP contribution in [0.1, 0.15) is 22.4 Å². The minimum Gasteiger partial charge on any atom is -0.409 e. The number of nitrogens with two attached hydrogens (primary N) is 1. The predicted octanol–water partition coefficient (Wildman–Crippen LogP) is 1.61. The van der Waals surface area contributed by atoms with Gasteiger partial charge in [0, 0.05) is 5.69 Å². The highest BCUT2D eigenvalue weighted by Crippen LogP contribution is 2.07. The lowest BCUT2D eigenvalue weighted by molar-refractivity contribution is 0.318. The van der Waals surface area contributed by atoms with Crippen LogP contribution in [-0.2, 0) is 6.54 Å². The standard InChI is InChI=1S/C15H17N3O2/c1-10-4-3-5-12(8-10)9-18-11(2)6-7-13(15(18)19)14(16)17-20/h3-8,20H,9H2,1-2H3,(H2,16,17). The van der Waals surface area contributed by atoms with E-state index in [1.165, 1.54) is 0 Å². The third kappa shape index (κ3) is 2.71. The number of oxime groups is 1. The van der Waals surface area contributed by atoms with Gasteiger partial charge in [0.25, 0.3) is 5.56 Å². The van der Waals surface area contributed by atoms with E-state index in [0.29, 0.717) is 6.54 Å². The molecule has 1 aromatic heterocycles. The maximum Gasteiger partial charge on any atom is 0.262 e. The van der Waals surface area contributed by atoms with Crippen LogP contribution in [0.2, 0.25) is 0 Å². The van der Waals surface area contributed by atoms with Gasteiger partial charge in [-0.05, 0) is 31.5 Å². The fourth-order valence-electron chi connectivity index (χ4n) is 2.11. The molecule has 0 unspecified atom stereocenters. The van der Waals surface area contributed by atoms with Crippen LogP contribution in [0.25, 0.3) is 0 Å². The van der Waals surface area contributed by atoms with Crippen molar-refractivity contribution in [3.05, 3.63) is 69.1 Å². The lowest BCUT2D eigenvalue weighted by Gasteiger charge is -2.12. The van der Waals surface area contributed by atoms with E-state index in [2.05, 4.69) is 5.16 Å². The predicted molar refractivity (Wildman–Crippen MR) is 78.2 cm³/mol. The smallest absolute Gasteiger partial charge is 0.262 e. The second-order valence-corrected chi connectivity index (χ2v) is 4.75. The largest absolute Gasteiger partial charge is 0.409 e. The van der Waals surface area contributed by atoms with E-state index in [1.807, 2.05) is 38.1 Å². The fourth-order valence-corrected chi connectivity index (χ4v) is 2.11. The van der Waals surface area contributed by atoms with Crippen LogP contribution in [0.4, 0.5) is 0 Å². The molecule has 2 rings (SSSR count). The van der Waals surface area contributed by atoms with Crippen molar-refractivity contribution in [2.24, 2.45) is 10.9 Å². The summed E-state index contributed by atoms with van der Waals surface area (Å²) in [4.78, 5) is 12.4. The van der Waals surface area contributed by atoms with Gasteiger partial charge in [-0.15, -0.1) is 0 Å². The second kappa shape index (κ2) is 5.61. The van der Waals surface area contributed by atoms with Crippen molar-refractivity contribution in [1.29, 1.82) is 0 Å². The van der Waals surface area contributed by atoms with Gasteiger partial charge in [-0.1, -0.05) is 35.0 Å². The molecule has 0 aliphatic carbocycles. The van der Waals surface area contributed by atoms with Crippen molar-refractivity contribution < 1.29 is 5.21 Å². The minimum absolute atomic E-state index is 0.173. The van der Waals surface area contributed by atoms with Crippen LogP contribution in [-0.4, -0.2) is 15.6 Å². The average molecular weight is 271 g/mol. The number of pyridine rings is 1. The van der Waals surface area contributed by atoms with Crippen LogP contribution in [0.5, 0.6) is 0 Å². The molecule has 1 heterocycles. The van der Waals surface area contributed by atoms with Gasteiger partial charge >= 0.3 is 0 Å². The monoisotopic (exact) mass is 271 g/mol. The number of aromatic nitrogens is 1. The van der Waals surface area contributed by atoms with Crippen molar-refractivity contribution in [1.82, 2.24) is 4.57 Å². The first-order chi connectivity index (χ1) is 9.52. The molecule has 5 heteroatoms. The Balaban J connectivity index is 2.49. The molecule has 0 aliphatic heterocycles. The van der Waals surface area contributed by atoms with E-state index < -0.39 is 0 Å². The van der Waals surface area contributed by atoms with Crippen molar-refractivity contribution in [3.8, 4) is 0 Å². The zero-order valence-corrected chi connectivity index (χ0v) is 11.5. The lowest BCUT2D eigenvalue weighted by atomic mass is 10.1. The molecule has 1 aromatic carbocycles. The summed E-state index contributed by atoms with van der Waals surface area (Å²) in [5, 5.41) is 11.6. The topological polar surface area (TPSA) is 80.6 Å². The minimum atomic E-state index is -0.262. The molecule has 0 radical (unpaired) electrons. The molecule has 0 spiro atoms. The Morgan fingerprint density at radius 3 is 2.70 bits per heavy atom. The van der Waals surface area contributed by atoms with Gasteiger partial charge in [-0.3, -0.25) is 4.79 Å². The Morgan fingerprint density at radius 1 is 1.30 bits per heavy atom. The van der Waals surface area contributed by atoms with E-state index in [4.69, 9.17) is 10.9 Å². The molecule has 0 saturated carbocycles. The number of hydrogen-bond acceptors (Lipinski definition) is 3. The third-order valence-corrected chi connectivity index (χ3v) is 3.20. The molecule has 0 aliphatic rings. The molecule has 0 amide bonds. The normalized spacial score (nSPS) is 11.6. The highest BCUT2D eigenvalue weighted by Gasteiger charge is 2.10. The van der Waals surface area contributed by atoms with E-state index in [9.17, 15) is 4.79 Å². The van der Waals surface area contributed by atoms with Gasteiger partial charge in [-0.2, -0.15) is 0 Å². The van der Waals surface area contributed by atoms with Crippen LogP contribution in [0.3, 0.4) is 0 Å². The Morgan fingerprint density at radius 2 is 2.05 bits per heavy atom. The Labute approximate surface area is 117 Å². The van der Waals surface area contributed by atoms with Crippen molar-refractivity contribution in [3.63, 3.8) is 0 Å². The molecule has 5 nitrogen and oxygen atoms in total. The van der Waals surface area contributed by atoms with Gasteiger partial charge in [0.05, 0.1) is 12.1 Å². The average Bonchev–Trinajstić information content (AvgIpc) is 2.43. The summed E-state index contributed by atoms with van der Waals surface area (Å²) >= 11 is 0. The first-order valence-corrected chi connectivity index (χ1v) is 6.27. The number of hydrogen-bond donors (Lipinski definition) is 2. The van der Waals surface area contributed by atoms with Crippen LogP contribution < -0.4 is 11.3 Å². The molecule has 0 fully saturated rings. The van der Waals surface area contributed by atoms with Gasteiger partial charge in [0.1, 0.15) is 0 Å². The summed E-state index contributed by atoms with van der Waals surface area (Å²) in [6.07, 6.45) is 0. The SMILES string of the molecule is Cc1cccc(Cn2c(C)ccc(/C(N)=N/O)c2=O)c1. The molecular formula is C15H17N3O2.